The largest absolute Gasteiger partial charge is 0.0928 e. The van der Waals surface area contributed by atoms with Crippen molar-refractivity contribution in [2.45, 2.75) is 59.8 Å². The lowest BCUT2D eigenvalue weighted by molar-refractivity contribution is 0.209. The van der Waals surface area contributed by atoms with Gasteiger partial charge in [0.25, 0.3) is 0 Å². The highest BCUT2D eigenvalue weighted by Gasteiger charge is 2.23. The molecule has 0 heterocycles. The lowest BCUT2D eigenvalue weighted by Gasteiger charge is -2.30. The molecule has 0 saturated carbocycles. The summed E-state index contributed by atoms with van der Waals surface area (Å²) in [7, 11) is 0. The maximum absolute atomic E-state index is 3.60. The third kappa shape index (κ3) is 4.82. The molecule has 0 radical (unpaired) electrons. The molecule has 0 aromatic carbocycles. The average Bonchev–Trinajstić information content (AvgIpc) is 2.22. The van der Waals surface area contributed by atoms with Gasteiger partial charge in [0.05, 0.1) is 0 Å². The molecule has 0 aromatic rings. The number of halogens is 1. The van der Waals surface area contributed by atoms with Crippen molar-refractivity contribution in [3.8, 4) is 0 Å². The van der Waals surface area contributed by atoms with E-state index in [2.05, 4.69) is 43.6 Å². The smallest absolute Gasteiger partial charge is 0.00341 e. The zero-order valence-electron chi connectivity index (χ0n) is 10.4. The summed E-state index contributed by atoms with van der Waals surface area (Å²) < 4.78 is 0. The van der Waals surface area contributed by atoms with Crippen LogP contribution < -0.4 is 0 Å². The quantitative estimate of drug-likeness (QED) is 0.524. The average molecular weight is 263 g/mol. The molecule has 0 fully saturated rings. The van der Waals surface area contributed by atoms with Crippen LogP contribution in [0.25, 0.3) is 0 Å². The van der Waals surface area contributed by atoms with Crippen LogP contribution in [0.15, 0.2) is 0 Å². The van der Waals surface area contributed by atoms with Gasteiger partial charge in [0, 0.05) is 5.33 Å². The van der Waals surface area contributed by atoms with Crippen molar-refractivity contribution in [3.63, 3.8) is 0 Å². The summed E-state index contributed by atoms with van der Waals surface area (Å²) in [5, 5.41) is 1.17. The molecule has 0 aliphatic carbocycles. The fraction of sp³-hybridized carbons (Fsp3) is 1.00. The van der Waals surface area contributed by atoms with Gasteiger partial charge in [0.1, 0.15) is 0 Å². The molecular formula is C13H27Br. The molecule has 0 bridgehead atoms. The predicted octanol–water partition coefficient (Wildman–Crippen LogP) is 5.26. The fourth-order valence-corrected chi connectivity index (χ4v) is 3.03. The fourth-order valence-electron chi connectivity index (χ4n) is 2.51. The van der Waals surface area contributed by atoms with Crippen LogP contribution in [0.3, 0.4) is 0 Å². The Morgan fingerprint density at radius 1 is 1.00 bits per heavy atom. The van der Waals surface area contributed by atoms with Crippen molar-refractivity contribution in [3.05, 3.63) is 0 Å². The molecule has 0 N–H and O–H groups in total. The first-order chi connectivity index (χ1) is 6.71. The van der Waals surface area contributed by atoms with Gasteiger partial charge in [-0.05, 0) is 24.2 Å². The minimum atomic E-state index is 0.893. The molecule has 0 spiro atoms. The molecule has 3 unspecified atom stereocenters. The highest BCUT2D eigenvalue weighted by molar-refractivity contribution is 9.09. The number of alkyl halides is 1. The minimum absolute atomic E-state index is 0.893. The van der Waals surface area contributed by atoms with Crippen molar-refractivity contribution in [1.82, 2.24) is 0 Å². The van der Waals surface area contributed by atoms with Crippen LogP contribution in [-0.2, 0) is 0 Å². The molecule has 1 heteroatoms. The third-order valence-corrected chi connectivity index (χ3v) is 4.06. The molecule has 0 aliphatic heterocycles. The van der Waals surface area contributed by atoms with Crippen LogP contribution in [-0.4, -0.2) is 5.33 Å². The summed E-state index contributed by atoms with van der Waals surface area (Å²) in [6, 6.07) is 0. The lowest BCUT2D eigenvalue weighted by atomic mass is 9.76. The van der Waals surface area contributed by atoms with Crippen LogP contribution in [0.5, 0.6) is 0 Å². The summed E-state index contributed by atoms with van der Waals surface area (Å²) in [4.78, 5) is 0. The first kappa shape index (κ1) is 14.5. The molecular weight excluding hydrogens is 236 g/mol. The number of hydrogen-bond donors (Lipinski definition) is 0. The second-order valence-corrected chi connectivity index (χ2v) is 5.28. The molecule has 0 nitrogen and oxygen atoms in total. The molecule has 14 heavy (non-hydrogen) atoms. The molecule has 86 valence electrons. The van der Waals surface area contributed by atoms with E-state index in [0.717, 1.165) is 17.8 Å². The van der Waals surface area contributed by atoms with E-state index in [1.165, 1.54) is 37.4 Å². The molecule has 0 aromatic heterocycles. The topological polar surface area (TPSA) is 0 Å². The van der Waals surface area contributed by atoms with Gasteiger partial charge in [0.2, 0.25) is 0 Å². The first-order valence-corrected chi connectivity index (χ1v) is 7.39. The zero-order valence-corrected chi connectivity index (χ0v) is 11.9. The van der Waals surface area contributed by atoms with E-state index in [4.69, 9.17) is 0 Å². The van der Waals surface area contributed by atoms with Crippen LogP contribution in [0.1, 0.15) is 59.8 Å². The van der Waals surface area contributed by atoms with E-state index < -0.39 is 0 Å². The van der Waals surface area contributed by atoms with Gasteiger partial charge >= 0.3 is 0 Å². The Kier molecular flexibility index (Phi) is 9.06. The Balaban J connectivity index is 4.25. The van der Waals surface area contributed by atoms with Gasteiger partial charge in [-0.25, -0.2) is 0 Å². The monoisotopic (exact) mass is 262 g/mol. The SMILES string of the molecule is CCCC(CC)C(CCBr)C(C)CC. The molecule has 0 amide bonds. The van der Waals surface area contributed by atoms with Crippen LogP contribution in [0.4, 0.5) is 0 Å². The summed E-state index contributed by atoms with van der Waals surface area (Å²) in [5.41, 5.74) is 0. The van der Waals surface area contributed by atoms with Crippen molar-refractivity contribution < 1.29 is 0 Å². The predicted molar refractivity (Wildman–Crippen MR) is 70.0 cm³/mol. The Bertz CT molecular complexity index is 122. The molecule has 0 saturated heterocycles. The van der Waals surface area contributed by atoms with E-state index in [0.29, 0.717) is 0 Å². The first-order valence-electron chi connectivity index (χ1n) is 6.27. The van der Waals surface area contributed by atoms with Crippen LogP contribution in [0, 0.1) is 17.8 Å². The lowest BCUT2D eigenvalue weighted by Crippen LogP contribution is -2.21. The second-order valence-electron chi connectivity index (χ2n) is 4.48. The summed E-state index contributed by atoms with van der Waals surface area (Å²) in [6.45, 7) is 9.41. The van der Waals surface area contributed by atoms with Crippen molar-refractivity contribution in [2.75, 3.05) is 5.33 Å². The van der Waals surface area contributed by atoms with Gasteiger partial charge in [-0.2, -0.15) is 0 Å². The summed E-state index contributed by atoms with van der Waals surface area (Å²) in [5.74, 6) is 2.78. The number of hydrogen-bond acceptors (Lipinski definition) is 0. The minimum Gasteiger partial charge on any atom is -0.0928 e. The zero-order chi connectivity index (χ0) is 11.0. The van der Waals surface area contributed by atoms with Gasteiger partial charge in [-0.15, -0.1) is 0 Å². The summed E-state index contributed by atoms with van der Waals surface area (Å²) in [6.07, 6.45) is 6.80. The highest BCUT2D eigenvalue weighted by Crippen LogP contribution is 2.32. The number of rotatable bonds is 8. The second kappa shape index (κ2) is 8.76. The van der Waals surface area contributed by atoms with E-state index in [1.54, 1.807) is 0 Å². The van der Waals surface area contributed by atoms with Crippen LogP contribution >= 0.6 is 15.9 Å². The van der Waals surface area contributed by atoms with Gasteiger partial charge in [0.15, 0.2) is 0 Å². The normalized spacial score (nSPS) is 17.8. The molecule has 3 atom stereocenters. The highest BCUT2D eigenvalue weighted by atomic mass is 79.9. The van der Waals surface area contributed by atoms with Crippen molar-refractivity contribution in [1.29, 1.82) is 0 Å². The molecule has 0 rings (SSSR count). The van der Waals surface area contributed by atoms with Crippen LogP contribution in [0.2, 0.25) is 0 Å². The van der Waals surface area contributed by atoms with E-state index >= 15 is 0 Å². The standard InChI is InChI=1S/C13H27Br/c1-5-8-12(7-3)13(9-10-14)11(4)6-2/h11-13H,5-10H2,1-4H3. The maximum atomic E-state index is 3.60. The van der Waals surface area contributed by atoms with Gasteiger partial charge in [-0.3, -0.25) is 0 Å². The maximum Gasteiger partial charge on any atom is 0.00341 e. The van der Waals surface area contributed by atoms with Crippen molar-refractivity contribution >= 4 is 15.9 Å². The Labute approximate surface area is 99.0 Å². The van der Waals surface area contributed by atoms with E-state index in [-0.39, 0.29) is 0 Å². The van der Waals surface area contributed by atoms with Gasteiger partial charge in [-0.1, -0.05) is 69.3 Å². The van der Waals surface area contributed by atoms with E-state index in [9.17, 15) is 0 Å². The molecule has 0 aliphatic rings. The third-order valence-electron chi connectivity index (χ3n) is 3.61. The Hall–Kier alpha value is 0.480. The summed E-state index contributed by atoms with van der Waals surface area (Å²) >= 11 is 3.60. The van der Waals surface area contributed by atoms with E-state index in [1.807, 2.05) is 0 Å². The Morgan fingerprint density at radius 2 is 1.64 bits per heavy atom. The van der Waals surface area contributed by atoms with Gasteiger partial charge < -0.3 is 0 Å². The Morgan fingerprint density at radius 3 is 2.00 bits per heavy atom. The van der Waals surface area contributed by atoms with Crippen molar-refractivity contribution in [2.24, 2.45) is 17.8 Å².